The van der Waals surface area contributed by atoms with Gasteiger partial charge in [0.15, 0.2) is 0 Å². The van der Waals surface area contributed by atoms with Crippen molar-refractivity contribution in [3.05, 3.63) is 45.7 Å². The highest BCUT2D eigenvalue weighted by molar-refractivity contribution is 9.10. The second kappa shape index (κ2) is 8.35. The molecule has 1 aliphatic heterocycles. The fraction of sp³-hybridized carbons (Fsp3) is 0.400. The number of halogens is 1. The number of piperidine rings is 1. The number of amides is 2. The number of carbonyl (C=O) groups is 2. The van der Waals surface area contributed by atoms with Crippen LogP contribution in [-0.4, -0.2) is 35.8 Å². The van der Waals surface area contributed by atoms with Crippen LogP contribution in [0.25, 0.3) is 10.4 Å². The third-order valence-electron chi connectivity index (χ3n) is 4.52. The molecular formula is C20H23BrN2O2S. The Hall–Kier alpha value is -1.66. The molecule has 1 N–H and O–H groups in total. The zero-order valence-electron chi connectivity index (χ0n) is 15.0. The predicted octanol–water partition coefficient (Wildman–Crippen LogP) is 4.55. The summed E-state index contributed by atoms with van der Waals surface area (Å²) in [6.45, 7) is 5.11. The normalized spacial score (nSPS) is 17.4. The van der Waals surface area contributed by atoms with Crippen molar-refractivity contribution in [3.8, 4) is 10.4 Å². The van der Waals surface area contributed by atoms with Gasteiger partial charge in [0, 0.05) is 34.4 Å². The number of nitrogens with zero attached hydrogens (tertiary/aromatic N) is 1. The third kappa shape index (κ3) is 4.54. The average molecular weight is 435 g/mol. The molecule has 6 heteroatoms. The molecule has 1 aromatic heterocycles. The van der Waals surface area contributed by atoms with Crippen molar-refractivity contribution >= 4 is 39.1 Å². The zero-order valence-corrected chi connectivity index (χ0v) is 17.4. The first kappa shape index (κ1) is 19.1. The molecule has 2 heterocycles. The minimum atomic E-state index is -0.0353. The van der Waals surface area contributed by atoms with Gasteiger partial charge in [0.25, 0.3) is 5.91 Å². The van der Waals surface area contributed by atoms with Gasteiger partial charge >= 0.3 is 0 Å². The molecule has 1 aromatic carbocycles. The standard InChI is InChI=1S/C20H23BrN2O2S/c1-13(2)19(24)22-16-4-3-11-23(12-16)20(25)18-10-9-17(26-18)14-5-7-15(21)8-6-14/h5-10,13,16H,3-4,11-12H2,1-2H3,(H,22,24). The van der Waals surface area contributed by atoms with Gasteiger partial charge in [0.2, 0.25) is 5.91 Å². The lowest BCUT2D eigenvalue weighted by Gasteiger charge is -2.33. The minimum absolute atomic E-state index is 0.0353. The Bertz CT molecular complexity index is 785. The van der Waals surface area contributed by atoms with Crippen LogP contribution in [0.15, 0.2) is 40.9 Å². The smallest absolute Gasteiger partial charge is 0.264 e. The van der Waals surface area contributed by atoms with Gasteiger partial charge < -0.3 is 10.2 Å². The van der Waals surface area contributed by atoms with Crippen LogP contribution < -0.4 is 5.32 Å². The summed E-state index contributed by atoms with van der Waals surface area (Å²) in [5, 5.41) is 3.06. The summed E-state index contributed by atoms with van der Waals surface area (Å²) in [6, 6.07) is 12.1. The number of carbonyl (C=O) groups excluding carboxylic acids is 2. The first-order valence-electron chi connectivity index (χ1n) is 8.89. The maximum absolute atomic E-state index is 12.9. The van der Waals surface area contributed by atoms with Crippen LogP contribution in [0, 0.1) is 5.92 Å². The highest BCUT2D eigenvalue weighted by atomic mass is 79.9. The van der Waals surface area contributed by atoms with E-state index in [1.165, 1.54) is 11.3 Å². The van der Waals surface area contributed by atoms with Crippen molar-refractivity contribution in [2.45, 2.75) is 32.7 Å². The number of rotatable bonds is 4. The molecule has 0 aliphatic carbocycles. The Labute approximate surface area is 166 Å². The predicted molar refractivity (Wildman–Crippen MR) is 109 cm³/mol. The molecule has 1 unspecified atom stereocenters. The van der Waals surface area contributed by atoms with Gasteiger partial charge in [0.05, 0.1) is 4.88 Å². The summed E-state index contributed by atoms with van der Waals surface area (Å²) in [7, 11) is 0. The van der Waals surface area contributed by atoms with Gasteiger partial charge in [-0.15, -0.1) is 11.3 Å². The molecule has 26 heavy (non-hydrogen) atoms. The van der Waals surface area contributed by atoms with E-state index in [1.54, 1.807) is 0 Å². The summed E-state index contributed by atoms with van der Waals surface area (Å²) in [6.07, 6.45) is 1.84. The lowest BCUT2D eigenvalue weighted by atomic mass is 10.0. The van der Waals surface area contributed by atoms with Crippen LogP contribution in [0.2, 0.25) is 0 Å². The molecule has 1 aliphatic rings. The van der Waals surface area contributed by atoms with Gasteiger partial charge in [-0.25, -0.2) is 0 Å². The van der Waals surface area contributed by atoms with Crippen molar-refractivity contribution in [3.63, 3.8) is 0 Å². The van der Waals surface area contributed by atoms with Crippen molar-refractivity contribution < 1.29 is 9.59 Å². The van der Waals surface area contributed by atoms with Crippen LogP contribution in [0.4, 0.5) is 0 Å². The van der Waals surface area contributed by atoms with Gasteiger partial charge in [-0.1, -0.05) is 41.9 Å². The Morgan fingerprint density at radius 2 is 1.92 bits per heavy atom. The van der Waals surface area contributed by atoms with E-state index in [0.717, 1.165) is 39.2 Å². The molecule has 138 valence electrons. The second-order valence-corrected chi connectivity index (χ2v) is 8.92. The fourth-order valence-corrected chi connectivity index (χ4v) is 4.27. The van der Waals surface area contributed by atoms with Crippen LogP contribution in [0.3, 0.4) is 0 Å². The van der Waals surface area contributed by atoms with Gasteiger partial charge in [0.1, 0.15) is 0 Å². The average Bonchev–Trinajstić information content (AvgIpc) is 3.12. The molecular weight excluding hydrogens is 412 g/mol. The van der Waals surface area contributed by atoms with E-state index in [4.69, 9.17) is 0 Å². The maximum Gasteiger partial charge on any atom is 0.264 e. The molecule has 0 saturated carbocycles. The van der Waals surface area contributed by atoms with E-state index >= 15 is 0 Å². The molecule has 4 nitrogen and oxygen atoms in total. The minimum Gasteiger partial charge on any atom is -0.351 e. The number of hydrogen-bond acceptors (Lipinski definition) is 3. The van der Waals surface area contributed by atoms with Crippen molar-refractivity contribution in [2.75, 3.05) is 13.1 Å². The SMILES string of the molecule is CC(C)C(=O)NC1CCCN(C(=O)c2ccc(-c3ccc(Br)cc3)s2)C1. The quantitative estimate of drug-likeness (QED) is 0.766. The monoisotopic (exact) mass is 434 g/mol. The molecule has 1 fully saturated rings. The zero-order chi connectivity index (χ0) is 18.7. The Balaban J connectivity index is 1.67. The summed E-state index contributed by atoms with van der Waals surface area (Å²) in [5.41, 5.74) is 1.11. The van der Waals surface area contributed by atoms with E-state index < -0.39 is 0 Å². The molecule has 0 bridgehead atoms. The number of hydrogen-bond donors (Lipinski definition) is 1. The number of benzene rings is 1. The number of likely N-dealkylation sites (tertiary alicyclic amines) is 1. The summed E-state index contributed by atoms with van der Waals surface area (Å²) in [4.78, 5) is 28.5. The molecule has 0 radical (unpaired) electrons. The van der Waals surface area contributed by atoms with E-state index in [1.807, 2.05) is 55.1 Å². The second-order valence-electron chi connectivity index (χ2n) is 6.92. The highest BCUT2D eigenvalue weighted by Crippen LogP contribution is 2.30. The van der Waals surface area contributed by atoms with Crippen LogP contribution in [-0.2, 0) is 4.79 Å². The van der Waals surface area contributed by atoms with Crippen LogP contribution in [0.1, 0.15) is 36.4 Å². The van der Waals surface area contributed by atoms with Crippen LogP contribution in [0.5, 0.6) is 0 Å². The molecule has 1 atom stereocenters. The number of nitrogens with one attached hydrogen (secondary N) is 1. The lowest BCUT2D eigenvalue weighted by Crippen LogP contribution is -2.50. The fourth-order valence-electron chi connectivity index (χ4n) is 3.03. The Morgan fingerprint density at radius 1 is 1.19 bits per heavy atom. The molecule has 2 aromatic rings. The molecule has 0 spiro atoms. The largest absolute Gasteiger partial charge is 0.351 e. The van der Waals surface area contributed by atoms with E-state index in [9.17, 15) is 9.59 Å². The van der Waals surface area contributed by atoms with Gasteiger partial charge in [-0.2, -0.15) is 0 Å². The number of thiophene rings is 1. The van der Waals surface area contributed by atoms with E-state index in [0.29, 0.717) is 6.54 Å². The van der Waals surface area contributed by atoms with Gasteiger partial charge in [-0.3, -0.25) is 9.59 Å². The first-order valence-corrected chi connectivity index (χ1v) is 10.5. The maximum atomic E-state index is 12.9. The Kier molecular flexibility index (Phi) is 6.14. The van der Waals surface area contributed by atoms with Crippen molar-refractivity contribution in [1.82, 2.24) is 10.2 Å². The summed E-state index contributed by atoms with van der Waals surface area (Å²) < 4.78 is 1.04. The van der Waals surface area contributed by atoms with Crippen molar-refractivity contribution in [2.24, 2.45) is 5.92 Å². The highest BCUT2D eigenvalue weighted by Gasteiger charge is 2.26. The lowest BCUT2D eigenvalue weighted by molar-refractivity contribution is -0.125. The molecule has 1 saturated heterocycles. The van der Waals surface area contributed by atoms with E-state index in [2.05, 4.69) is 21.2 Å². The summed E-state index contributed by atoms with van der Waals surface area (Å²) in [5.74, 6) is 0.0756. The topological polar surface area (TPSA) is 49.4 Å². The first-order chi connectivity index (χ1) is 12.4. The van der Waals surface area contributed by atoms with E-state index in [-0.39, 0.29) is 23.8 Å². The molecule has 3 rings (SSSR count). The summed E-state index contributed by atoms with van der Waals surface area (Å²) >= 11 is 4.96. The third-order valence-corrected chi connectivity index (χ3v) is 6.18. The Morgan fingerprint density at radius 3 is 2.62 bits per heavy atom. The van der Waals surface area contributed by atoms with Crippen LogP contribution >= 0.6 is 27.3 Å². The molecule has 2 amide bonds. The van der Waals surface area contributed by atoms with Gasteiger partial charge in [-0.05, 0) is 42.7 Å². The van der Waals surface area contributed by atoms with Crippen molar-refractivity contribution in [1.29, 1.82) is 0 Å².